The smallest absolute Gasteiger partial charge is 0.123 e. The third-order valence-electron chi connectivity index (χ3n) is 2.45. The molecule has 1 aromatic rings. The molecule has 15 heavy (non-hydrogen) atoms. The molecule has 0 bridgehead atoms. The standard InChI is InChI=1S/C11H13FN2S/c1-7-6-10(15)14-11(13-7)8-2-4-9(12)5-3-8/h2-5,7,11,13H,6H2,1H3,(H,14,15). The zero-order valence-electron chi connectivity index (χ0n) is 8.46. The summed E-state index contributed by atoms with van der Waals surface area (Å²) in [6, 6.07) is 6.80. The number of nitrogens with one attached hydrogen (secondary N) is 2. The van der Waals surface area contributed by atoms with Gasteiger partial charge in [-0.25, -0.2) is 4.39 Å². The van der Waals surface area contributed by atoms with Crippen LogP contribution in [0.4, 0.5) is 4.39 Å². The largest absolute Gasteiger partial charge is 0.360 e. The Morgan fingerprint density at radius 2 is 2.00 bits per heavy atom. The molecule has 1 heterocycles. The highest BCUT2D eigenvalue weighted by molar-refractivity contribution is 7.80. The van der Waals surface area contributed by atoms with Crippen molar-refractivity contribution in [3.05, 3.63) is 35.6 Å². The lowest BCUT2D eigenvalue weighted by Gasteiger charge is -2.31. The van der Waals surface area contributed by atoms with Crippen molar-refractivity contribution < 1.29 is 4.39 Å². The number of benzene rings is 1. The average Bonchev–Trinajstić information content (AvgIpc) is 2.17. The molecule has 0 saturated carbocycles. The van der Waals surface area contributed by atoms with Gasteiger partial charge in [-0.2, -0.15) is 0 Å². The predicted octanol–water partition coefficient (Wildman–Crippen LogP) is 2.12. The summed E-state index contributed by atoms with van der Waals surface area (Å²) in [6.45, 7) is 2.09. The number of rotatable bonds is 1. The van der Waals surface area contributed by atoms with E-state index in [9.17, 15) is 4.39 Å². The van der Waals surface area contributed by atoms with Gasteiger partial charge >= 0.3 is 0 Å². The lowest BCUT2D eigenvalue weighted by Crippen LogP contribution is -2.48. The van der Waals surface area contributed by atoms with E-state index in [1.54, 1.807) is 12.1 Å². The van der Waals surface area contributed by atoms with Crippen LogP contribution in [0.3, 0.4) is 0 Å². The van der Waals surface area contributed by atoms with E-state index in [-0.39, 0.29) is 12.0 Å². The lowest BCUT2D eigenvalue weighted by atomic mass is 10.1. The van der Waals surface area contributed by atoms with Crippen molar-refractivity contribution in [2.75, 3.05) is 0 Å². The summed E-state index contributed by atoms with van der Waals surface area (Å²) in [5, 5.41) is 6.54. The SMILES string of the molecule is CC1CC(=S)NC(c2ccc(F)cc2)N1. The normalized spacial score (nSPS) is 26.1. The first-order chi connectivity index (χ1) is 7.15. The second kappa shape index (κ2) is 4.24. The number of halogens is 1. The Morgan fingerprint density at radius 3 is 2.60 bits per heavy atom. The molecule has 80 valence electrons. The zero-order chi connectivity index (χ0) is 10.8. The minimum atomic E-state index is -0.217. The van der Waals surface area contributed by atoms with Crippen LogP contribution in [0.2, 0.25) is 0 Å². The number of hydrogen-bond acceptors (Lipinski definition) is 2. The van der Waals surface area contributed by atoms with E-state index >= 15 is 0 Å². The fourth-order valence-corrected chi connectivity index (χ4v) is 2.09. The van der Waals surface area contributed by atoms with E-state index in [1.165, 1.54) is 12.1 Å². The predicted molar refractivity (Wildman–Crippen MR) is 62.1 cm³/mol. The Hall–Kier alpha value is -1.00. The Balaban J connectivity index is 2.16. The monoisotopic (exact) mass is 224 g/mol. The second-order valence-electron chi connectivity index (χ2n) is 3.82. The molecular formula is C11H13FN2S. The van der Waals surface area contributed by atoms with Gasteiger partial charge in [-0.3, -0.25) is 5.32 Å². The Kier molecular flexibility index (Phi) is 2.98. The highest BCUT2D eigenvalue weighted by Gasteiger charge is 2.21. The summed E-state index contributed by atoms with van der Waals surface area (Å²) >= 11 is 5.16. The van der Waals surface area contributed by atoms with Gasteiger partial charge in [-0.1, -0.05) is 24.4 Å². The Morgan fingerprint density at radius 1 is 1.33 bits per heavy atom. The molecule has 4 heteroatoms. The van der Waals surface area contributed by atoms with Crippen LogP contribution in [0.25, 0.3) is 0 Å². The van der Waals surface area contributed by atoms with Crippen molar-refractivity contribution in [2.45, 2.75) is 25.6 Å². The molecule has 2 atom stereocenters. The molecule has 0 radical (unpaired) electrons. The molecule has 0 aliphatic carbocycles. The van der Waals surface area contributed by atoms with Crippen molar-refractivity contribution in [1.29, 1.82) is 0 Å². The minimum absolute atomic E-state index is 0.00171. The summed E-state index contributed by atoms with van der Waals surface area (Å²) in [5.74, 6) is -0.217. The van der Waals surface area contributed by atoms with Crippen molar-refractivity contribution in [3.8, 4) is 0 Å². The van der Waals surface area contributed by atoms with Crippen LogP contribution in [0.1, 0.15) is 25.1 Å². The second-order valence-corrected chi connectivity index (χ2v) is 4.32. The molecule has 1 aliphatic heterocycles. The molecule has 1 saturated heterocycles. The van der Waals surface area contributed by atoms with E-state index in [2.05, 4.69) is 17.6 Å². The van der Waals surface area contributed by atoms with E-state index in [0.717, 1.165) is 17.0 Å². The highest BCUT2D eigenvalue weighted by Crippen LogP contribution is 2.16. The van der Waals surface area contributed by atoms with Gasteiger partial charge < -0.3 is 5.32 Å². The molecule has 1 fully saturated rings. The molecule has 2 N–H and O–H groups in total. The number of thiocarbonyl (C=S) groups is 1. The first-order valence-corrected chi connectivity index (χ1v) is 5.37. The third kappa shape index (κ3) is 2.52. The lowest BCUT2D eigenvalue weighted by molar-refractivity contribution is 0.409. The van der Waals surface area contributed by atoms with Crippen molar-refractivity contribution in [1.82, 2.24) is 10.6 Å². The summed E-state index contributed by atoms with van der Waals surface area (Å²) in [7, 11) is 0. The quantitative estimate of drug-likeness (QED) is 0.715. The van der Waals surface area contributed by atoms with Crippen molar-refractivity contribution >= 4 is 17.2 Å². The molecule has 0 aromatic heterocycles. The van der Waals surface area contributed by atoms with Gasteiger partial charge in [0, 0.05) is 12.5 Å². The van der Waals surface area contributed by atoms with Gasteiger partial charge in [0.1, 0.15) is 12.0 Å². The molecule has 2 nitrogen and oxygen atoms in total. The van der Waals surface area contributed by atoms with Crippen LogP contribution >= 0.6 is 12.2 Å². The van der Waals surface area contributed by atoms with Crippen LogP contribution in [0.5, 0.6) is 0 Å². The molecule has 2 unspecified atom stereocenters. The van der Waals surface area contributed by atoms with E-state index in [4.69, 9.17) is 12.2 Å². The molecule has 2 rings (SSSR count). The van der Waals surface area contributed by atoms with Gasteiger partial charge in [0.05, 0.1) is 4.99 Å². The zero-order valence-corrected chi connectivity index (χ0v) is 9.27. The first-order valence-electron chi connectivity index (χ1n) is 4.96. The van der Waals surface area contributed by atoms with Crippen LogP contribution < -0.4 is 10.6 Å². The van der Waals surface area contributed by atoms with Gasteiger partial charge in [0.25, 0.3) is 0 Å². The summed E-state index contributed by atoms with van der Waals surface area (Å²) < 4.78 is 12.7. The molecule has 0 amide bonds. The van der Waals surface area contributed by atoms with Crippen molar-refractivity contribution in [2.24, 2.45) is 0 Å². The maximum atomic E-state index is 12.7. The minimum Gasteiger partial charge on any atom is -0.360 e. The van der Waals surface area contributed by atoms with Crippen LogP contribution in [-0.4, -0.2) is 11.0 Å². The summed E-state index contributed by atoms with van der Waals surface area (Å²) in [5.41, 5.74) is 1.00. The fraction of sp³-hybridized carbons (Fsp3) is 0.364. The average molecular weight is 224 g/mol. The Labute approximate surface area is 93.9 Å². The third-order valence-corrected chi connectivity index (χ3v) is 2.74. The van der Waals surface area contributed by atoms with Gasteiger partial charge in [0.15, 0.2) is 0 Å². The van der Waals surface area contributed by atoms with Gasteiger partial charge in [0.2, 0.25) is 0 Å². The summed E-state index contributed by atoms with van der Waals surface area (Å²) in [6.07, 6.45) is 0.856. The highest BCUT2D eigenvalue weighted by atomic mass is 32.1. The van der Waals surface area contributed by atoms with E-state index in [1.807, 2.05) is 0 Å². The van der Waals surface area contributed by atoms with E-state index in [0.29, 0.717) is 6.04 Å². The van der Waals surface area contributed by atoms with Crippen LogP contribution in [-0.2, 0) is 0 Å². The van der Waals surface area contributed by atoms with Crippen molar-refractivity contribution in [3.63, 3.8) is 0 Å². The van der Waals surface area contributed by atoms with Gasteiger partial charge in [-0.05, 0) is 24.6 Å². The summed E-state index contributed by atoms with van der Waals surface area (Å²) in [4.78, 5) is 0.857. The Bertz CT molecular complexity index is 363. The maximum absolute atomic E-state index is 12.7. The fourth-order valence-electron chi connectivity index (χ4n) is 1.72. The van der Waals surface area contributed by atoms with E-state index < -0.39 is 0 Å². The van der Waals surface area contributed by atoms with Gasteiger partial charge in [-0.15, -0.1) is 0 Å². The van der Waals surface area contributed by atoms with Crippen LogP contribution in [0, 0.1) is 5.82 Å². The number of hydrogen-bond donors (Lipinski definition) is 2. The molecule has 0 spiro atoms. The molecule has 1 aliphatic rings. The van der Waals surface area contributed by atoms with Crippen LogP contribution in [0.15, 0.2) is 24.3 Å². The molecule has 1 aromatic carbocycles. The first kappa shape index (κ1) is 10.5. The molecular weight excluding hydrogens is 211 g/mol. The maximum Gasteiger partial charge on any atom is 0.123 e. The topological polar surface area (TPSA) is 24.1 Å².